The highest BCUT2D eigenvalue weighted by molar-refractivity contribution is 5.73. The fraction of sp³-hybridized carbons (Fsp3) is 0.364. The average Bonchev–Trinajstić information content (AvgIpc) is 2.26. The van der Waals surface area contributed by atoms with Crippen LogP contribution in [0.15, 0.2) is 30.3 Å². The summed E-state index contributed by atoms with van der Waals surface area (Å²) in [6.07, 6.45) is 0. The number of hydrogen-bond donors (Lipinski definition) is 1. The molecule has 3 heteroatoms. The third kappa shape index (κ3) is 3.09. The zero-order chi connectivity index (χ0) is 10.4. The van der Waals surface area contributed by atoms with Gasteiger partial charge in [-0.25, -0.2) is 4.79 Å². The van der Waals surface area contributed by atoms with E-state index in [-0.39, 0.29) is 6.03 Å². The molecule has 14 heavy (non-hydrogen) atoms. The van der Waals surface area contributed by atoms with Crippen molar-refractivity contribution in [2.24, 2.45) is 0 Å². The van der Waals surface area contributed by atoms with Crippen LogP contribution in [0.3, 0.4) is 0 Å². The average molecular weight is 192 g/mol. The molecule has 0 saturated carbocycles. The van der Waals surface area contributed by atoms with E-state index in [1.165, 1.54) is 0 Å². The molecule has 1 rings (SSSR count). The van der Waals surface area contributed by atoms with Crippen molar-refractivity contribution in [2.45, 2.75) is 13.5 Å². The van der Waals surface area contributed by atoms with Gasteiger partial charge in [-0.2, -0.15) is 0 Å². The van der Waals surface area contributed by atoms with Gasteiger partial charge in [0.15, 0.2) is 0 Å². The van der Waals surface area contributed by atoms with E-state index in [0.29, 0.717) is 6.54 Å². The maximum Gasteiger partial charge on any atom is 0.317 e. The van der Waals surface area contributed by atoms with Gasteiger partial charge in [-0.15, -0.1) is 0 Å². The minimum Gasteiger partial charge on any atom is -0.334 e. The maximum atomic E-state index is 11.4. The van der Waals surface area contributed by atoms with Crippen LogP contribution in [0, 0.1) is 0 Å². The Labute approximate surface area is 84.7 Å². The molecule has 0 aliphatic rings. The molecule has 0 unspecified atom stereocenters. The Hall–Kier alpha value is -1.51. The summed E-state index contributed by atoms with van der Waals surface area (Å²) in [6.45, 7) is 3.26. The van der Waals surface area contributed by atoms with Crippen LogP contribution < -0.4 is 5.32 Å². The molecular formula is C11H16N2O. The van der Waals surface area contributed by atoms with Crippen LogP contribution in [0.25, 0.3) is 0 Å². The summed E-state index contributed by atoms with van der Waals surface area (Å²) in [6, 6.07) is 9.84. The largest absolute Gasteiger partial charge is 0.334 e. The van der Waals surface area contributed by atoms with Crippen LogP contribution in [-0.2, 0) is 6.54 Å². The van der Waals surface area contributed by atoms with E-state index in [1.807, 2.05) is 37.3 Å². The lowest BCUT2D eigenvalue weighted by atomic mass is 10.2. The summed E-state index contributed by atoms with van der Waals surface area (Å²) >= 11 is 0. The van der Waals surface area contributed by atoms with Gasteiger partial charge in [0.1, 0.15) is 0 Å². The number of amides is 2. The maximum absolute atomic E-state index is 11.4. The molecule has 0 aliphatic heterocycles. The third-order valence-corrected chi connectivity index (χ3v) is 2.11. The molecule has 1 aromatic carbocycles. The molecule has 3 nitrogen and oxygen atoms in total. The van der Waals surface area contributed by atoms with Gasteiger partial charge < -0.3 is 10.2 Å². The number of nitrogens with one attached hydrogen (secondary N) is 1. The Bertz CT molecular complexity index is 285. The van der Waals surface area contributed by atoms with Gasteiger partial charge in [0.25, 0.3) is 0 Å². The Morgan fingerprint density at radius 1 is 1.36 bits per heavy atom. The van der Waals surface area contributed by atoms with Crippen molar-refractivity contribution >= 4 is 6.03 Å². The molecule has 1 N–H and O–H groups in total. The Morgan fingerprint density at radius 2 is 2.00 bits per heavy atom. The summed E-state index contributed by atoms with van der Waals surface area (Å²) < 4.78 is 0. The first-order chi connectivity index (χ1) is 6.74. The van der Waals surface area contributed by atoms with Crippen molar-refractivity contribution in [3.63, 3.8) is 0 Å². The van der Waals surface area contributed by atoms with Crippen molar-refractivity contribution < 1.29 is 4.79 Å². The van der Waals surface area contributed by atoms with Crippen LogP contribution in [0.1, 0.15) is 12.5 Å². The van der Waals surface area contributed by atoms with E-state index in [1.54, 1.807) is 11.9 Å². The first-order valence-electron chi connectivity index (χ1n) is 4.77. The summed E-state index contributed by atoms with van der Waals surface area (Å²) in [4.78, 5) is 13.0. The van der Waals surface area contributed by atoms with Gasteiger partial charge in [0.05, 0.1) is 0 Å². The zero-order valence-corrected chi connectivity index (χ0v) is 8.66. The summed E-state index contributed by atoms with van der Waals surface area (Å²) in [5.41, 5.74) is 1.12. The first-order valence-corrected chi connectivity index (χ1v) is 4.77. The van der Waals surface area contributed by atoms with Crippen molar-refractivity contribution in [3.05, 3.63) is 35.9 Å². The number of urea groups is 1. The molecule has 1 aromatic rings. The van der Waals surface area contributed by atoms with Gasteiger partial charge >= 0.3 is 6.03 Å². The van der Waals surface area contributed by atoms with Crippen molar-refractivity contribution in [3.8, 4) is 0 Å². The molecule has 0 radical (unpaired) electrons. The predicted octanol–water partition coefficient (Wildman–Crippen LogP) is 1.85. The van der Waals surface area contributed by atoms with Crippen LogP contribution in [-0.4, -0.2) is 24.5 Å². The highest BCUT2D eigenvalue weighted by atomic mass is 16.2. The van der Waals surface area contributed by atoms with E-state index < -0.39 is 0 Å². The second kappa shape index (κ2) is 5.27. The number of benzene rings is 1. The number of carbonyl (C=O) groups excluding carboxylic acids is 1. The molecule has 0 heterocycles. The van der Waals surface area contributed by atoms with E-state index in [2.05, 4.69) is 5.32 Å². The SMILES string of the molecule is CCN(C)C(=O)NCc1ccccc1. The Kier molecular flexibility index (Phi) is 3.98. The number of rotatable bonds is 3. The highest BCUT2D eigenvalue weighted by Gasteiger charge is 2.03. The van der Waals surface area contributed by atoms with Gasteiger partial charge in [0, 0.05) is 20.1 Å². The quantitative estimate of drug-likeness (QED) is 0.778. The third-order valence-electron chi connectivity index (χ3n) is 2.11. The van der Waals surface area contributed by atoms with E-state index >= 15 is 0 Å². The lowest BCUT2D eigenvalue weighted by molar-refractivity contribution is 0.210. The zero-order valence-electron chi connectivity index (χ0n) is 8.66. The molecule has 0 spiro atoms. The van der Waals surface area contributed by atoms with Crippen molar-refractivity contribution in [2.75, 3.05) is 13.6 Å². The second-order valence-corrected chi connectivity index (χ2v) is 3.16. The molecule has 0 saturated heterocycles. The molecule has 2 amide bonds. The van der Waals surface area contributed by atoms with Crippen LogP contribution >= 0.6 is 0 Å². The van der Waals surface area contributed by atoms with E-state index in [0.717, 1.165) is 12.1 Å². The predicted molar refractivity (Wildman–Crippen MR) is 57.0 cm³/mol. The summed E-state index contributed by atoms with van der Waals surface area (Å²) in [5, 5.41) is 2.84. The topological polar surface area (TPSA) is 32.3 Å². The lowest BCUT2D eigenvalue weighted by Crippen LogP contribution is -2.36. The fourth-order valence-corrected chi connectivity index (χ4v) is 1.05. The number of hydrogen-bond acceptors (Lipinski definition) is 1. The lowest BCUT2D eigenvalue weighted by Gasteiger charge is -2.15. The monoisotopic (exact) mass is 192 g/mol. The van der Waals surface area contributed by atoms with Crippen LogP contribution in [0.2, 0.25) is 0 Å². The Morgan fingerprint density at radius 3 is 2.57 bits per heavy atom. The van der Waals surface area contributed by atoms with Gasteiger partial charge in [0.2, 0.25) is 0 Å². The van der Waals surface area contributed by atoms with Crippen LogP contribution in [0.4, 0.5) is 4.79 Å². The smallest absolute Gasteiger partial charge is 0.317 e. The standard InChI is InChI=1S/C11H16N2O/c1-3-13(2)11(14)12-9-10-7-5-4-6-8-10/h4-8H,3,9H2,1-2H3,(H,12,14). The van der Waals surface area contributed by atoms with E-state index in [9.17, 15) is 4.79 Å². The molecule has 0 aliphatic carbocycles. The summed E-state index contributed by atoms with van der Waals surface area (Å²) in [7, 11) is 1.78. The molecule has 0 bridgehead atoms. The van der Waals surface area contributed by atoms with Crippen molar-refractivity contribution in [1.29, 1.82) is 0 Å². The fourth-order valence-electron chi connectivity index (χ4n) is 1.05. The Balaban J connectivity index is 2.38. The van der Waals surface area contributed by atoms with Crippen LogP contribution in [0.5, 0.6) is 0 Å². The molecule has 76 valence electrons. The van der Waals surface area contributed by atoms with Gasteiger partial charge in [-0.05, 0) is 12.5 Å². The normalized spacial score (nSPS) is 9.57. The first kappa shape index (κ1) is 10.6. The van der Waals surface area contributed by atoms with Gasteiger partial charge in [-0.3, -0.25) is 0 Å². The minimum absolute atomic E-state index is 0.0312. The minimum atomic E-state index is -0.0312. The second-order valence-electron chi connectivity index (χ2n) is 3.16. The molecule has 0 aromatic heterocycles. The van der Waals surface area contributed by atoms with E-state index in [4.69, 9.17) is 0 Å². The summed E-state index contributed by atoms with van der Waals surface area (Å²) in [5.74, 6) is 0. The number of carbonyl (C=O) groups is 1. The number of nitrogens with zero attached hydrogens (tertiary/aromatic N) is 1. The van der Waals surface area contributed by atoms with Gasteiger partial charge in [-0.1, -0.05) is 30.3 Å². The van der Waals surface area contributed by atoms with Crippen molar-refractivity contribution in [1.82, 2.24) is 10.2 Å². The molecule has 0 fully saturated rings. The molecule has 0 atom stereocenters. The molecular weight excluding hydrogens is 176 g/mol. The highest BCUT2D eigenvalue weighted by Crippen LogP contribution is 1.97.